The Labute approximate surface area is 127 Å². The molecule has 0 saturated carbocycles. The summed E-state index contributed by atoms with van der Waals surface area (Å²) in [5, 5.41) is -0.687. The molecule has 1 heterocycles. The SMILES string of the molecule is CN(CC1CCOC1)S(=O)(=O)c1ccc(Cl)c(F)c1Cl. The van der Waals surface area contributed by atoms with Gasteiger partial charge in [-0.3, -0.25) is 0 Å². The lowest BCUT2D eigenvalue weighted by atomic mass is 10.1. The molecule has 0 N–H and O–H groups in total. The molecule has 1 unspecified atom stereocenters. The van der Waals surface area contributed by atoms with Crippen molar-refractivity contribution in [3.8, 4) is 0 Å². The van der Waals surface area contributed by atoms with Crippen LogP contribution < -0.4 is 0 Å². The first kappa shape index (κ1) is 16.0. The number of rotatable bonds is 4. The Morgan fingerprint density at radius 3 is 2.75 bits per heavy atom. The number of benzene rings is 1. The van der Waals surface area contributed by atoms with E-state index in [1.807, 2.05) is 0 Å². The Morgan fingerprint density at radius 2 is 2.15 bits per heavy atom. The van der Waals surface area contributed by atoms with E-state index in [4.69, 9.17) is 27.9 Å². The second-order valence-corrected chi connectivity index (χ2v) is 7.49. The number of hydrogen-bond acceptors (Lipinski definition) is 3. The van der Waals surface area contributed by atoms with Crippen LogP contribution in [0.1, 0.15) is 6.42 Å². The Balaban J connectivity index is 2.27. The third kappa shape index (κ3) is 3.09. The number of halogens is 3. The van der Waals surface area contributed by atoms with Gasteiger partial charge < -0.3 is 4.74 Å². The Bertz CT molecular complexity index is 603. The van der Waals surface area contributed by atoms with Crippen LogP contribution in [0, 0.1) is 11.7 Å². The van der Waals surface area contributed by atoms with E-state index < -0.39 is 20.9 Å². The monoisotopic (exact) mass is 341 g/mol. The summed E-state index contributed by atoms with van der Waals surface area (Å²) in [7, 11) is -2.41. The van der Waals surface area contributed by atoms with Crippen molar-refractivity contribution in [2.75, 3.05) is 26.8 Å². The van der Waals surface area contributed by atoms with E-state index in [0.717, 1.165) is 6.42 Å². The van der Waals surface area contributed by atoms with Crippen molar-refractivity contribution in [3.05, 3.63) is 28.0 Å². The van der Waals surface area contributed by atoms with E-state index in [-0.39, 0.29) is 15.8 Å². The molecule has 1 aromatic carbocycles. The van der Waals surface area contributed by atoms with Crippen molar-refractivity contribution < 1.29 is 17.5 Å². The Morgan fingerprint density at radius 1 is 1.45 bits per heavy atom. The van der Waals surface area contributed by atoms with Crippen LogP contribution in [-0.4, -0.2) is 39.5 Å². The molecule has 1 saturated heterocycles. The smallest absolute Gasteiger partial charge is 0.244 e. The average Bonchev–Trinajstić information content (AvgIpc) is 2.88. The standard InChI is InChI=1S/C12H14Cl2FNO3S/c1-16(6-8-4-5-19-7-8)20(17,18)10-3-2-9(13)12(15)11(10)14/h2-3,8H,4-7H2,1H3. The van der Waals surface area contributed by atoms with Crippen LogP contribution in [0.3, 0.4) is 0 Å². The number of ether oxygens (including phenoxy) is 1. The summed E-state index contributed by atoms with van der Waals surface area (Å²) in [6, 6.07) is 2.40. The summed E-state index contributed by atoms with van der Waals surface area (Å²) in [6.07, 6.45) is 0.808. The van der Waals surface area contributed by atoms with E-state index in [1.165, 1.54) is 23.5 Å². The molecule has 1 aromatic rings. The van der Waals surface area contributed by atoms with Gasteiger partial charge in [-0.1, -0.05) is 23.2 Å². The highest BCUT2D eigenvalue weighted by Gasteiger charge is 2.29. The molecule has 0 aliphatic carbocycles. The molecule has 0 bridgehead atoms. The molecule has 0 aromatic heterocycles. The van der Waals surface area contributed by atoms with E-state index >= 15 is 0 Å². The van der Waals surface area contributed by atoms with Crippen molar-refractivity contribution in [1.29, 1.82) is 0 Å². The summed E-state index contributed by atoms with van der Waals surface area (Å²) in [6.45, 7) is 1.47. The van der Waals surface area contributed by atoms with Crippen molar-refractivity contribution in [1.82, 2.24) is 4.31 Å². The molecule has 1 fully saturated rings. The van der Waals surface area contributed by atoms with Gasteiger partial charge in [0.2, 0.25) is 10.0 Å². The minimum Gasteiger partial charge on any atom is -0.381 e. The topological polar surface area (TPSA) is 46.6 Å². The maximum atomic E-state index is 13.6. The number of sulfonamides is 1. The zero-order valence-electron chi connectivity index (χ0n) is 10.8. The second-order valence-electron chi connectivity index (χ2n) is 4.69. The van der Waals surface area contributed by atoms with Gasteiger partial charge in [0.25, 0.3) is 0 Å². The van der Waals surface area contributed by atoms with Gasteiger partial charge in [-0.05, 0) is 24.5 Å². The molecule has 8 heteroatoms. The van der Waals surface area contributed by atoms with Crippen molar-refractivity contribution in [2.45, 2.75) is 11.3 Å². The van der Waals surface area contributed by atoms with E-state index in [2.05, 4.69) is 0 Å². The summed E-state index contributed by atoms with van der Waals surface area (Å²) in [5.41, 5.74) is 0. The lowest BCUT2D eigenvalue weighted by Gasteiger charge is -2.20. The normalized spacial score (nSPS) is 19.8. The number of nitrogens with zero attached hydrogens (tertiary/aromatic N) is 1. The second kappa shape index (κ2) is 6.15. The molecule has 1 atom stereocenters. The fourth-order valence-corrected chi connectivity index (χ4v) is 4.03. The first-order valence-electron chi connectivity index (χ1n) is 6.01. The van der Waals surface area contributed by atoms with Crippen LogP contribution in [-0.2, 0) is 14.8 Å². The van der Waals surface area contributed by atoms with Gasteiger partial charge in [0.15, 0.2) is 5.82 Å². The van der Waals surface area contributed by atoms with Crippen LogP contribution in [0.2, 0.25) is 10.0 Å². The maximum Gasteiger partial charge on any atom is 0.244 e. The van der Waals surface area contributed by atoms with Crippen LogP contribution in [0.25, 0.3) is 0 Å². The van der Waals surface area contributed by atoms with Gasteiger partial charge >= 0.3 is 0 Å². The highest BCUT2D eigenvalue weighted by molar-refractivity contribution is 7.89. The predicted octanol–water partition coefficient (Wildman–Crippen LogP) is 2.79. The van der Waals surface area contributed by atoms with Crippen LogP contribution in [0.15, 0.2) is 17.0 Å². The molecule has 112 valence electrons. The fraction of sp³-hybridized carbons (Fsp3) is 0.500. The van der Waals surface area contributed by atoms with E-state index in [0.29, 0.717) is 19.8 Å². The summed E-state index contributed by atoms with van der Waals surface area (Å²) in [5.74, 6) is -0.780. The minimum atomic E-state index is -3.85. The first-order chi connectivity index (χ1) is 9.34. The first-order valence-corrected chi connectivity index (χ1v) is 8.21. The summed E-state index contributed by atoms with van der Waals surface area (Å²) in [4.78, 5) is -0.275. The third-order valence-corrected chi connectivity index (χ3v) is 5.87. The zero-order valence-corrected chi connectivity index (χ0v) is 13.1. The van der Waals surface area contributed by atoms with Crippen LogP contribution in [0.4, 0.5) is 4.39 Å². The van der Waals surface area contributed by atoms with Crippen molar-refractivity contribution in [2.24, 2.45) is 5.92 Å². The molecule has 2 rings (SSSR count). The zero-order chi connectivity index (χ0) is 14.9. The van der Waals surface area contributed by atoms with E-state index in [1.54, 1.807) is 0 Å². The van der Waals surface area contributed by atoms with Crippen molar-refractivity contribution in [3.63, 3.8) is 0 Å². The molecular weight excluding hydrogens is 328 g/mol. The molecule has 4 nitrogen and oxygen atoms in total. The predicted molar refractivity (Wildman–Crippen MR) is 75.2 cm³/mol. The molecule has 20 heavy (non-hydrogen) atoms. The molecular formula is C12H14Cl2FNO3S. The maximum absolute atomic E-state index is 13.6. The van der Waals surface area contributed by atoms with Gasteiger partial charge in [-0.25, -0.2) is 17.1 Å². The lowest BCUT2D eigenvalue weighted by molar-refractivity contribution is 0.182. The molecule has 1 aliphatic heterocycles. The van der Waals surface area contributed by atoms with Crippen molar-refractivity contribution >= 4 is 33.2 Å². The van der Waals surface area contributed by atoms with Gasteiger partial charge in [0.1, 0.15) is 4.90 Å². The van der Waals surface area contributed by atoms with Gasteiger partial charge in [-0.15, -0.1) is 0 Å². The minimum absolute atomic E-state index is 0.144. The Hall–Kier alpha value is -0.400. The highest BCUT2D eigenvalue weighted by Crippen LogP contribution is 2.31. The molecule has 0 radical (unpaired) electrons. The van der Waals surface area contributed by atoms with Crippen LogP contribution in [0.5, 0.6) is 0 Å². The van der Waals surface area contributed by atoms with Gasteiger partial charge in [0.05, 0.1) is 16.7 Å². The van der Waals surface area contributed by atoms with Crippen LogP contribution >= 0.6 is 23.2 Å². The molecule has 0 amide bonds. The third-order valence-electron chi connectivity index (χ3n) is 3.23. The summed E-state index contributed by atoms with van der Waals surface area (Å²) >= 11 is 11.3. The fourth-order valence-electron chi connectivity index (χ4n) is 2.06. The molecule has 1 aliphatic rings. The Kier molecular flexibility index (Phi) is 4.92. The number of hydrogen-bond donors (Lipinski definition) is 0. The average molecular weight is 342 g/mol. The highest BCUT2D eigenvalue weighted by atomic mass is 35.5. The quantitative estimate of drug-likeness (QED) is 0.791. The van der Waals surface area contributed by atoms with E-state index in [9.17, 15) is 12.8 Å². The van der Waals surface area contributed by atoms with Gasteiger partial charge in [0, 0.05) is 20.2 Å². The van der Waals surface area contributed by atoms with Gasteiger partial charge in [-0.2, -0.15) is 0 Å². The lowest BCUT2D eigenvalue weighted by Crippen LogP contribution is -2.32. The molecule has 0 spiro atoms. The largest absolute Gasteiger partial charge is 0.381 e. The summed E-state index contributed by atoms with van der Waals surface area (Å²) < 4.78 is 44.8.